The van der Waals surface area contributed by atoms with Crippen LogP contribution < -0.4 is 15.5 Å². The lowest BCUT2D eigenvalue weighted by Gasteiger charge is -2.19. The quantitative estimate of drug-likeness (QED) is 0.791. The second-order valence-corrected chi connectivity index (χ2v) is 6.80. The molecule has 1 saturated heterocycles. The number of urea groups is 1. The van der Waals surface area contributed by atoms with Crippen molar-refractivity contribution in [1.82, 2.24) is 15.6 Å². The zero-order valence-corrected chi connectivity index (χ0v) is 15.4. The van der Waals surface area contributed by atoms with Crippen molar-refractivity contribution in [2.24, 2.45) is 0 Å². The van der Waals surface area contributed by atoms with E-state index >= 15 is 0 Å². The highest BCUT2D eigenvalue weighted by molar-refractivity contribution is 5.74. The molecule has 2 amide bonds. The molecule has 3 rings (SSSR count). The third-order valence-electron chi connectivity index (χ3n) is 4.78. The molecule has 2 aromatic rings. The summed E-state index contributed by atoms with van der Waals surface area (Å²) in [6.07, 6.45) is 6.22. The van der Waals surface area contributed by atoms with E-state index in [1.165, 1.54) is 12.8 Å². The predicted octanol–water partition coefficient (Wildman–Crippen LogP) is 4.02. The van der Waals surface area contributed by atoms with Gasteiger partial charge in [-0.25, -0.2) is 9.78 Å². The number of amides is 2. The maximum absolute atomic E-state index is 12.4. The van der Waals surface area contributed by atoms with E-state index in [2.05, 4.69) is 45.6 Å². The minimum absolute atomic E-state index is 0.0406. The Kier molecular flexibility index (Phi) is 6.47. The van der Waals surface area contributed by atoms with Crippen molar-refractivity contribution in [1.29, 1.82) is 0 Å². The average molecular weight is 352 g/mol. The standard InChI is InChI=1S/C21H28N4O/c1-2-8-19(18-9-4-3-5-10-18)24-21(26)23-16-17-11-12-22-20(15-17)25-13-6-7-14-25/h3-5,9-12,15,19H,2,6-8,13-14,16H2,1H3,(H2,23,24,26). The van der Waals surface area contributed by atoms with Crippen molar-refractivity contribution in [3.8, 4) is 0 Å². The second-order valence-electron chi connectivity index (χ2n) is 6.80. The number of carbonyl (C=O) groups excluding carboxylic acids is 1. The van der Waals surface area contributed by atoms with Gasteiger partial charge in [0.25, 0.3) is 0 Å². The number of hydrogen-bond donors (Lipinski definition) is 2. The molecule has 1 aromatic heterocycles. The number of pyridine rings is 1. The van der Waals surface area contributed by atoms with Gasteiger partial charge in [0.2, 0.25) is 0 Å². The fraction of sp³-hybridized carbons (Fsp3) is 0.429. The van der Waals surface area contributed by atoms with Gasteiger partial charge < -0.3 is 15.5 Å². The van der Waals surface area contributed by atoms with Crippen molar-refractivity contribution in [2.45, 2.75) is 45.2 Å². The molecule has 1 aromatic carbocycles. The second kappa shape index (κ2) is 9.22. The summed E-state index contributed by atoms with van der Waals surface area (Å²) in [5.41, 5.74) is 2.22. The van der Waals surface area contributed by atoms with Crippen LogP contribution in [-0.2, 0) is 6.54 Å². The largest absolute Gasteiger partial charge is 0.357 e. The summed E-state index contributed by atoms with van der Waals surface area (Å²) in [7, 11) is 0. The Labute approximate surface area is 155 Å². The van der Waals surface area contributed by atoms with Crippen LogP contribution in [0.15, 0.2) is 48.7 Å². The molecule has 1 atom stereocenters. The Hall–Kier alpha value is -2.56. The first kappa shape index (κ1) is 18.2. The number of aromatic nitrogens is 1. The monoisotopic (exact) mass is 352 g/mol. The predicted molar refractivity (Wildman–Crippen MR) is 105 cm³/mol. The van der Waals surface area contributed by atoms with Crippen molar-refractivity contribution in [3.05, 3.63) is 59.8 Å². The van der Waals surface area contributed by atoms with Gasteiger partial charge in [0.1, 0.15) is 5.82 Å². The van der Waals surface area contributed by atoms with Crippen LogP contribution in [0.3, 0.4) is 0 Å². The fourth-order valence-electron chi connectivity index (χ4n) is 3.38. The SMILES string of the molecule is CCCC(NC(=O)NCc1ccnc(N2CCCC2)c1)c1ccccc1. The summed E-state index contributed by atoms with van der Waals surface area (Å²) in [5, 5.41) is 6.08. The molecule has 1 aliphatic rings. The number of benzene rings is 1. The van der Waals surface area contributed by atoms with Crippen LogP contribution in [0, 0.1) is 0 Å². The Morgan fingerprint density at radius 1 is 1.19 bits per heavy atom. The average Bonchev–Trinajstić information content (AvgIpc) is 3.22. The molecule has 26 heavy (non-hydrogen) atoms. The van der Waals surface area contributed by atoms with Gasteiger partial charge in [-0.1, -0.05) is 43.7 Å². The number of nitrogens with one attached hydrogen (secondary N) is 2. The zero-order valence-electron chi connectivity index (χ0n) is 15.4. The molecule has 5 heteroatoms. The van der Waals surface area contributed by atoms with Gasteiger partial charge in [-0.3, -0.25) is 0 Å². The fourth-order valence-corrected chi connectivity index (χ4v) is 3.38. The van der Waals surface area contributed by atoms with Gasteiger partial charge in [-0.2, -0.15) is 0 Å². The number of nitrogens with zero attached hydrogens (tertiary/aromatic N) is 2. The number of hydrogen-bond acceptors (Lipinski definition) is 3. The van der Waals surface area contributed by atoms with E-state index in [1.54, 1.807) is 0 Å². The van der Waals surface area contributed by atoms with Gasteiger partial charge in [0.15, 0.2) is 0 Å². The highest BCUT2D eigenvalue weighted by Crippen LogP contribution is 2.19. The molecule has 0 aliphatic carbocycles. The molecule has 0 saturated carbocycles. The topological polar surface area (TPSA) is 57.3 Å². The molecule has 1 unspecified atom stereocenters. The Bertz CT molecular complexity index is 698. The highest BCUT2D eigenvalue weighted by Gasteiger charge is 2.15. The van der Waals surface area contributed by atoms with E-state index in [-0.39, 0.29) is 12.1 Å². The molecular weight excluding hydrogens is 324 g/mol. The van der Waals surface area contributed by atoms with Gasteiger partial charge in [0.05, 0.1) is 6.04 Å². The molecule has 1 aliphatic heterocycles. The van der Waals surface area contributed by atoms with Gasteiger partial charge >= 0.3 is 6.03 Å². The number of carbonyl (C=O) groups is 1. The maximum Gasteiger partial charge on any atom is 0.315 e. The lowest BCUT2D eigenvalue weighted by Crippen LogP contribution is -2.37. The molecule has 2 N–H and O–H groups in total. The molecule has 1 fully saturated rings. The summed E-state index contributed by atoms with van der Waals surface area (Å²) in [6, 6.07) is 14.1. The van der Waals surface area contributed by atoms with Crippen LogP contribution in [-0.4, -0.2) is 24.1 Å². The van der Waals surface area contributed by atoms with E-state index in [0.717, 1.165) is 42.9 Å². The first-order valence-electron chi connectivity index (χ1n) is 9.55. The molecule has 0 spiro atoms. The summed E-state index contributed by atoms with van der Waals surface area (Å²) < 4.78 is 0. The van der Waals surface area contributed by atoms with Crippen LogP contribution in [0.5, 0.6) is 0 Å². The molecule has 0 bridgehead atoms. The lowest BCUT2D eigenvalue weighted by molar-refractivity contribution is 0.236. The van der Waals surface area contributed by atoms with Gasteiger partial charge in [0, 0.05) is 25.8 Å². The minimum Gasteiger partial charge on any atom is -0.357 e. The summed E-state index contributed by atoms with van der Waals surface area (Å²) in [5.74, 6) is 1.01. The van der Waals surface area contributed by atoms with Crippen molar-refractivity contribution >= 4 is 11.8 Å². The molecule has 5 nitrogen and oxygen atoms in total. The molecular formula is C21H28N4O. The van der Waals surface area contributed by atoms with E-state index in [9.17, 15) is 4.79 Å². The van der Waals surface area contributed by atoms with E-state index in [4.69, 9.17) is 0 Å². The third-order valence-corrected chi connectivity index (χ3v) is 4.78. The Morgan fingerprint density at radius 3 is 2.69 bits per heavy atom. The lowest BCUT2D eigenvalue weighted by atomic mass is 10.0. The molecule has 138 valence electrons. The molecule has 2 heterocycles. The number of anilines is 1. The van der Waals surface area contributed by atoms with Gasteiger partial charge in [-0.05, 0) is 42.5 Å². The molecule has 0 radical (unpaired) electrons. The van der Waals surface area contributed by atoms with Crippen LogP contribution in [0.1, 0.15) is 49.8 Å². The van der Waals surface area contributed by atoms with Crippen molar-refractivity contribution in [3.63, 3.8) is 0 Å². The minimum atomic E-state index is -0.133. The van der Waals surface area contributed by atoms with Crippen LogP contribution in [0.25, 0.3) is 0 Å². The highest BCUT2D eigenvalue weighted by atomic mass is 16.2. The van der Waals surface area contributed by atoms with Gasteiger partial charge in [-0.15, -0.1) is 0 Å². The third kappa shape index (κ3) is 4.97. The summed E-state index contributed by atoms with van der Waals surface area (Å²) in [4.78, 5) is 19.1. The van der Waals surface area contributed by atoms with E-state index in [0.29, 0.717) is 6.54 Å². The summed E-state index contributed by atoms with van der Waals surface area (Å²) >= 11 is 0. The Morgan fingerprint density at radius 2 is 1.96 bits per heavy atom. The maximum atomic E-state index is 12.4. The van der Waals surface area contributed by atoms with E-state index < -0.39 is 0 Å². The zero-order chi connectivity index (χ0) is 18.2. The van der Waals surface area contributed by atoms with Crippen LogP contribution >= 0.6 is 0 Å². The summed E-state index contributed by atoms with van der Waals surface area (Å²) in [6.45, 7) is 4.77. The van der Waals surface area contributed by atoms with Crippen LogP contribution in [0.2, 0.25) is 0 Å². The van der Waals surface area contributed by atoms with Crippen molar-refractivity contribution < 1.29 is 4.79 Å². The van der Waals surface area contributed by atoms with Crippen molar-refractivity contribution in [2.75, 3.05) is 18.0 Å². The first-order valence-corrected chi connectivity index (χ1v) is 9.55. The Balaban J connectivity index is 1.55. The van der Waals surface area contributed by atoms with Crippen LogP contribution in [0.4, 0.5) is 10.6 Å². The van der Waals surface area contributed by atoms with E-state index in [1.807, 2.05) is 30.5 Å². The normalized spacial score (nSPS) is 14.9. The number of rotatable bonds is 7. The first-order chi connectivity index (χ1) is 12.8. The smallest absolute Gasteiger partial charge is 0.315 e.